The number of H-pyrrole nitrogens is 2. The lowest BCUT2D eigenvalue weighted by molar-refractivity contribution is -0.137. The van der Waals surface area contributed by atoms with Crippen molar-refractivity contribution in [2.24, 2.45) is 0 Å². The van der Waals surface area contributed by atoms with Crippen LogP contribution in [0.5, 0.6) is 0 Å². The Bertz CT molecular complexity index is 345. The van der Waals surface area contributed by atoms with Gasteiger partial charge in [0, 0.05) is 0 Å². The quantitative estimate of drug-likeness (QED) is 0.519. The van der Waals surface area contributed by atoms with Gasteiger partial charge in [-0.15, -0.1) is 0 Å². The van der Waals surface area contributed by atoms with E-state index in [-0.39, 0.29) is 4.77 Å². The average molecular weight is 175 g/mol. The molecule has 1 aromatic heterocycles. The molecular formula is C4H5N3O3S. The van der Waals surface area contributed by atoms with Crippen LogP contribution in [-0.2, 0) is 11.3 Å². The number of hydrogen-bond acceptors (Lipinski definition) is 3. The van der Waals surface area contributed by atoms with Gasteiger partial charge in [-0.05, 0) is 12.2 Å². The molecule has 0 fully saturated rings. The molecular weight excluding hydrogens is 170 g/mol. The minimum absolute atomic E-state index is 0.0809. The van der Waals surface area contributed by atoms with Gasteiger partial charge in [0.1, 0.15) is 6.54 Å². The molecule has 0 aliphatic carbocycles. The van der Waals surface area contributed by atoms with Crippen LogP contribution < -0.4 is 5.69 Å². The molecule has 0 aromatic carbocycles. The highest BCUT2D eigenvalue weighted by Crippen LogP contribution is 1.80. The summed E-state index contributed by atoms with van der Waals surface area (Å²) in [5.41, 5.74) is -0.544. The molecule has 0 unspecified atom stereocenters. The van der Waals surface area contributed by atoms with Crippen LogP contribution in [0, 0.1) is 4.77 Å². The van der Waals surface area contributed by atoms with Crippen molar-refractivity contribution in [1.29, 1.82) is 0 Å². The van der Waals surface area contributed by atoms with Crippen LogP contribution in [0.15, 0.2) is 4.79 Å². The van der Waals surface area contributed by atoms with Gasteiger partial charge in [0.15, 0.2) is 4.77 Å². The van der Waals surface area contributed by atoms with Gasteiger partial charge >= 0.3 is 11.7 Å². The highest BCUT2D eigenvalue weighted by Gasteiger charge is 2.03. The predicted octanol–water partition coefficient (Wildman–Crippen LogP) is -0.681. The van der Waals surface area contributed by atoms with Gasteiger partial charge in [-0.3, -0.25) is 14.5 Å². The van der Waals surface area contributed by atoms with E-state index in [1.807, 2.05) is 0 Å². The van der Waals surface area contributed by atoms with Gasteiger partial charge in [0.25, 0.3) is 0 Å². The molecule has 60 valence electrons. The van der Waals surface area contributed by atoms with E-state index in [0.717, 1.165) is 4.57 Å². The molecule has 1 heterocycles. The van der Waals surface area contributed by atoms with E-state index in [4.69, 9.17) is 5.11 Å². The zero-order chi connectivity index (χ0) is 8.43. The predicted molar refractivity (Wildman–Crippen MR) is 37.9 cm³/mol. The minimum atomic E-state index is -1.11. The Balaban J connectivity index is 3.12. The van der Waals surface area contributed by atoms with Crippen LogP contribution in [0.3, 0.4) is 0 Å². The van der Waals surface area contributed by atoms with Crippen molar-refractivity contribution in [2.45, 2.75) is 6.54 Å². The maximum atomic E-state index is 10.7. The van der Waals surface area contributed by atoms with Gasteiger partial charge in [0.2, 0.25) is 0 Å². The lowest BCUT2D eigenvalue weighted by Crippen LogP contribution is -2.21. The van der Waals surface area contributed by atoms with E-state index in [2.05, 4.69) is 22.4 Å². The number of aromatic nitrogens is 3. The zero-order valence-corrected chi connectivity index (χ0v) is 6.14. The van der Waals surface area contributed by atoms with Crippen molar-refractivity contribution < 1.29 is 9.90 Å². The number of rotatable bonds is 2. The largest absolute Gasteiger partial charge is 0.480 e. The van der Waals surface area contributed by atoms with Crippen LogP contribution in [0.2, 0.25) is 0 Å². The van der Waals surface area contributed by atoms with Gasteiger partial charge < -0.3 is 5.11 Å². The molecule has 0 saturated carbocycles. The van der Waals surface area contributed by atoms with Crippen molar-refractivity contribution in [1.82, 2.24) is 14.8 Å². The standard InChI is InChI=1S/C4H5N3O3S/c8-2(9)1-7-3(10)5-6-4(7)11/h1H2,(H,5,10)(H,6,11)(H,8,9). The fourth-order valence-corrected chi connectivity index (χ4v) is 0.811. The monoisotopic (exact) mass is 175 g/mol. The Labute approximate surface area is 65.5 Å². The fourth-order valence-electron chi connectivity index (χ4n) is 0.613. The van der Waals surface area contributed by atoms with Gasteiger partial charge in [0.05, 0.1) is 0 Å². The van der Waals surface area contributed by atoms with Crippen molar-refractivity contribution in [3.63, 3.8) is 0 Å². The van der Waals surface area contributed by atoms with E-state index in [1.54, 1.807) is 0 Å². The SMILES string of the molecule is O=C(O)Cn1c(=O)[nH][nH]c1=S. The summed E-state index contributed by atoms with van der Waals surface area (Å²) in [6.07, 6.45) is 0. The molecule has 3 N–H and O–H groups in total. The lowest BCUT2D eigenvalue weighted by atomic mass is 10.6. The molecule has 0 aliphatic rings. The second kappa shape index (κ2) is 2.70. The maximum absolute atomic E-state index is 10.7. The third-order valence-electron chi connectivity index (χ3n) is 1.06. The van der Waals surface area contributed by atoms with Crippen LogP contribution in [-0.4, -0.2) is 25.8 Å². The normalized spacial score (nSPS) is 9.82. The number of carboxylic acids is 1. The first-order valence-corrected chi connectivity index (χ1v) is 3.11. The molecule has 1 aromatic rings. The van der Waals surface area contributed by atoms with E-state index in [0.29, 0.717) is 0 Å². The van der Waals surface area contributed by atoms with Gasteiger partial charge in [-0.25, -0.2) is 9.89 Å². The summed E-state index contributed by atoms with van der Waals surface area (Å²) >= 11 is 4.60. The Morgan fingerprint density at radius 3 is 2.64 bits per heavy atom. The zero-order valence-electron chi connectivity index (χ0n) is 5.33. The summed E-state index contributed by atoms with van der Waals surface area (Å²) in [6.45, 7) is -0.419. The second-order valence-electron chi connectivity index (χ2n) is 1.84. The van der Waals surface area contributed by atoms with E-state index >= 15 is 0 Å². The van der Waals surface area contributed by atoms with Crippen LogP contribution in [0.1, 0.15) is 0 Å². The molecule has 11 heavy (non-hydrogen) atoms. The molecule has 0 aliphatic heterocycles. The van der Waals surface area contributed by atoms with Gasteiger partial charge in [-0.1, -0.05) is 0 Å². The maximum Gasteiger partial charge on any atom is 0.342 e. The Morgan fingerprint density at radius 2 is 2.27 bits per heavy atom. The third kappa shape index (κ3) is 1.55. The second-order valence-corrected chi connectivity index (χ2v) is 2.23. The van der Waals surface area contributed by atoms with E-state index < -0.39 is 18.2 Å². The van der Waals surface area contributed by atoms with Crippen molar-refractivity contribution in [3.05, 3.63) is 15.3 Å². The molecule has 0 saturated heterocycles. The lowest BCUT2D eigenvalue weighted by Gasteiger charge is -1.90. The van der Waals surface area contributed by atoms with Crippen LogP contribution in [0.4, 0.5) is 0 Å². The smallest absolute Gasteiger partial charge is 0.342 e. The topological polar surface area (TPSA) is 90.9 Å². The first-order chi connectivity index (χ1) is 5.11. The highest BCUT2D eigenvalue weighted by atomic mass is 32.1. The number of carbonyl (C=O) groups is 1. The Morgan fingerprint density at radius 1 is 1.64 bits per heavy atom. The van der Waals surface area contributed by atoms with E-state index in [1.165, 1.54) is 0 Å². The van der Waals surface area contributed by atoms with Crippen molar-refractivity contribution >= 4 is 18.2 Å². The molecule has 0 atom stereocenters. The summed E-state index contributed by atoms with van der Waals surface area (Å²) in [6, 6.07) is 0. The average Bonchev–Trinajstić information content (AvgIpc) is 2.18. The van der Waals surface area contributed by atoms with E-state index in [9.17, 15) is 9.59 Å². The van der Waals surface area contributed by atoms with Crippen molar-refractivity contribution in [3.8, 4) is 0 Å². The summed E-state index contributed by atoms with van der Waals surface area (Å²) in [7, 11) is 0. The number of nitrogens with one attached hydrogen (secondary N) is 2. The Hall–Kier alpha value is -1.37. The first kappa shape index (κ1) is 7.73. The molecule has 1 rings (SSSR count). The fraction of sp³-hybridized carbons (Fsp3) is 0.250. The number of hydrogen-bond donors (Lipinski definition) is 3. The molecule has 0 spiro atoms. The van der Waals surface area contributed by atoms with Gasteiger partial charge in [-0.2, -0.15) is 0 Å². The molecule has 0 amide bonds. The Kier molecular flexibility index (Phi) is 1.90. The molecule has 0 radical (unpaired) electrons. The third-order valence-corrected chi connectivity index (χ3v) is 1.38. The van der Waals surface area contributed by atoms with Crippen molar-refractivity contribution in [2.75, 3.05) is 0 Å². The minimum Gasteiger partial charge on any atom is -0.480 e. The highest BCUT2D eigenvalue weighted by molar-refractivity contribution is 7.71. The molecule has 7 heteroatoms. The molecule has 0 bridgehead atoms. The molecule has 6 nitrogen and oxygen atoms in total. The first-order valence-electron chi connectivity index (χ1n) is 2.70. The van der Waals surface area contributed by atoms with Crippen LogP contribution in [0.25, 0.3) is 0 Å². The number of carboxylic acid groups (broad SMARTS) is 1. The summed E-state index contributed by atoms with van der Waals surface area (Å²) in [5, 5.41) is 12.8. The summed E-state index contributed by atoms with van der Waals surface area (Å²) < 4.78 is 0.995. The summed E-state index contributed by atoms with van der Waals surface area (Å²) in [5.74, 6) is -1.11. The summed E-state index contributed by atoms with van der Waals surface area (Å²) in [4.78, 5) is 20.9. The number of nitrogens with zero attached hydrogens (tertiary/aromatic N) is 1. The van der Waals surface area contributed by atoms with Crippen LogP contribution >= 0.6 is 12.2 Å². The number of aliphatic carboxylic acids is 1. The number of aromatic amines is 2.